The number of anilines is 1. The number of hydrogen-bond acceptors (Lipinski definition) is 3. The van der Waals surface area contributed by atoms with Gasteiger partial charge in [-0.05, 0) is 47.9 Å². The van der Waals surface area contributed by atoms with E-state index >= 15 is 0 Å². The number of piperazine rings is 1. The standard InChI is InChI=1S/C16H22N2S/c1-3-16(4-2)12-18(9-8-17-16)14-5-6-15-13(11-14)7-10-19-15/h5-7,10-11,17H,3-4,8-9,12H2,1-2H3. The van der Waals surface area contributed by atoms with Crippen LogP contribution in [0.15, 0.2) is 29.6 Å². The van der Waals surface area contributed by atoms with Crippen LogP contribution < -0.4 is 10.2 Å². The molecule has 102 valence electrons. The Kier molecular flexibility index (Phi) is 3.50. The molecule has 0 amide bonds. The molecule has 0 saturated carbocycles. The third-order valence-corrected chi connectivity index (χ3v) is 5.43. The smallest absolute Gasteiger partial charge is 0.0374 e. The van der Waals surface area contributed by atoms with Crippen LogP contribution in [0.4, 0.5) is 5.69 Å². The van der Waals surface area contributed by atoms with Gasteiger partial charge in [-0.15, -0.1) is 11.3 Å². The maximum atomic E-state index is 3.72. The molecule has 1 aromatic carbocycles. The molecular weight excluding hydrogens is 252 g/mol. The summed E-state index contributed by atoms with van der Waals surface area (Å²) in [7, 11) is 0. The van der Waals surface area contributed by atoms with Gasteiger partial charge in [-0.3, -0.25) is 0 Å². The van der Waals surface area contributed by atoms with Crippen molar-refractivity contribution in [2.45, 2.75) is 32.2 Å². The molecule has 2 aromatic rings. The Bertz CT molecular complexity index is 557. The molecule has 2 nitrogen and oxygen atoms in total. The summed E-state index contributed by atoms with van der Waals surface area (Å²) in [5, 5.41) is 7.27. The molecule has 1 saturated heterocycles. The number of fused-ring (bicyclic) bond motifs is 1. The summed E-state index contributed by atoms with van der Waals surface area (Å²) >= 11 is 1.82. The van der Waals surface area contributed by atoms with Gasteiger partial charge in [0, 0.05) is 35.6 Å². The summed E-state index contributed by atoms with van der Waals surface area (Å²) in [6.07, 6.45) is 2.39. The van der Waals surface area contributed by atoms with Gasteiger partial charge in [0.25, 0.3) is 0 Å². The SMILES string of the molecule is CCC1(CC)CN(c2ccc3sccc3c2)CCN1. The van der Waals surface area contributed by atoms with E-state index in [0.29, 0.717) is 5.54 Å². The zero-order valence-corrected chi connectivity index (χ0v) is 12.6. The lowest BCUT2D eigenvalue weighted by molar-refractivity contribution is 0.277. The van der Waals surface area contributed by atoms with Crippen LogP contribution in [0.25, 0.3) is 10.1 Å². The molecule has 1 N–H and O–H groups in total. The Labute approximate surface area is 119 Å². The zero-order chi connectivity index (χ0) is 13.3. The van der Waals surface area contributed by atoms with Crippen LogP contribution in [0.3, 0.4) is 0 Å². The van der Waals surface area contributed by atoms with E-state index in [4.69, 9.17) is 0 Å². The molecular formula is C16H22N2S. The molecule has 0 bridgehead atoms. The third kappa shape index (κ3) is 2.37. The first kappa shape index (κ1) is 12.9. The molecule has 3 rings (SSSR count). The van der Waals surface area contributed by atoms with Crippen molar-refractivity contribution in [3.63, 3.8) is 0 Å². The fraction of sp³-hybridized carbons (Fsp3) is 0.500. The normalized spacial score (nSPS) is 18.9. The summed E-state index contributed by atoms with van der Waals surface area (Å²) in [6.45, 7) is 7.90. The predicted molar refractivity (Wildman–Crippen MR) is 85.4 cm³/mol. The van der Waals surface area contributed by atoms with Crippen molar-refractivity contribution in [1.82, 2.24) is 5.32 Å². The van der Waals surface area contributed by atoms with E-state index < -0.39 is 0 Å². The number of benzene rings is 1. The van der Waals surface area contributed by atoms with Crippen molar-refractivity contribution in [3.05, 3.63) is 29.6 Å². The van der Waals surface area contributed by atoms with Crippen molar-refractivity contribution < 1.29 is 0 Å². The Morgan fingerprint density at radius 3 is 2.89 bits per heavy atom. The molecule has 0 atom stereocenters. The maximum absolute atomic E-state index is 3.72. The van der Waals surface area contributed by atoms with Crippen molar-refractivity contribution in [1.29, 1.82) is 0 Å². The van der Waals surface area contributed by atoms with Crippen LogP contribution in [0, 0.1) is 0 Å². The lowest BCUT2D eigenvalue weighted by Crippen LogP contribution is -2.60. The van der Waals surface area contributed by atoms with Crippen LogP contribution >= 0.6 is 11.3 Å². The van der Waals surface area contributed by atoms with Crippen LogP contribution in [0.1, 0.15) is 26.7 Å². The second kappa shape index (κ2) is 5.14. The quantitative estimate of drug-likeness (QED) is 0.914. The molecule has 0 radical (unpaired) electrons. The minimum atomic E-state index is 0.294. The van der Waals surface area contributed by atoms with Crippen molar-refractivity contribution >= 4 is 27.1 Å². The van der Waals surface area contributed by atoms with Crippen LogP contribution in [0.5, 0.6) is 0 Å². The van der Waals surface area contributed by atoms with Gasteiger partial charge in [0.1, 0.15) is 0 Å². The number of hydrogen-bond donors (Lipinski definition) is 1. The van der Waals surface area contributed by atoms with Crippen molar-refractivity contribution in [3.8, 4) is 0 Å². The van der Waals surface area contributed by atoms with Gasteiger partial charge in [-0.2, -0.15) is 0 Å². The number of thiophene rings is 1. The summed E-state index contributed by atoms with van der Waals surface area (Å²) < 4.78 is 1.39. The average Bonchev–Trinajstić information content (AvgIpc) is 2.94. The maximum Gasteiger partial charge on any atom is 0.0374 e. The summed E-state index contributed by atoms with van der Waals surface area (Å²) in [5.74, 6) is 0. The molecule has 3 heteroatoms. The number of rotatable bonds is 3. The van der Waals surface area contributed by atoms with E-state index in [-0.39, 0.29) is 0 Å². The Hall–Kier alpha value is -1.06. The second-order valence-electron chi connectivity index (χ2n) is 5.48. The van der Waals surface area contributed by atoms with E-state index in [1.807, 2.05) is 11.3 Å². The van der Waals surface area contributed by atoms with Gasteiger partial charge < -0.3 is 10.2 Å². The van der Waals surface area contributed by atoms with Gasteiger partial charge >= 0.3 is 0 Å². The molecule has 1 aromatic heterocycles. The number of nitrogens with zero attached hydrogens (tertiary/aromatic N) is 1. The molecule has 0 spiro atoms. The lowest BCUT2D eigenvalue weighted by Gasteiger charge is -2.44. The highest BCUT2D eigenvalue weighted by molar-refractivity contribution is 7.17. The molecule has 1 aliphatic heterocycles. The summed E-state index contributed by atoms with van der Waals surface area (Å²) in [5.41, 5.74) is 1.67. The van der Waals surface area contributed by atoms with E-state index in [9.17, 15) is 0 Å². The van der Waals surface area contributed by atoms with Crippen LogP contribution in [-0.2, 0) is 0 Å². The van der Waals surface area contributed by atoms with Gasteiger partial charge in [-0.1, -0.05) is 13.8 Å². The van der Waals surface area contributed by atoms with E-state index in [1.165, 1.54) is 28.6 Å². The average molecular weight is 274 g/mol. The topological polar surface area (TPSA) is 15.3 Å². The van der Waals surface area contributed by atoms with E-state index in [2.05, 4.69) is 53.7 Å². The lowest BCUT2D eigenvalue weighted by atomic mass is 9.90. The zero-order valence-electron chi connectivity index (χ0n) is 11.8. The first-order chi connectivity index (χ1) is 9.26. The third-order valence-electron chi connectivity index (χ3n) is 4.53. The molecule has 2 heterocycles. The molecule has 1 aliphatic rings. The fourth-order valence-electron chi connectivity index (χ4n) is 3.05. The molecule has 19 heavy (non-hydrogen) atoms. The van der Waals surface area contributed by atoms with Crippen molar-refractivity contribution in [2.24, 2.45) is 0 Å². The minimum Gasteiger partial charge on any atom is -0.368 e. The van der Waals surface area contributed by atoms with Gasteiger partial charge in [0.05, 0.1) is 0 Å². The molecule has 0 aliphatic carbocycles. The van der Waals surface area contributed by atoms with Crippen molar-refractivity contribution in [2.75, 3.05) is 24.5 Å². The van der Waals surface area contributed by atoms with E-state index in [0.717, 1.165) is 19.6 Å². The van der Waals surface area contributed by atoms with Crippen LogP contribution in [0.2, 0.25) is 0 Å². The largest absolute Gasteiger partial charge is 0.368 e. The monoisotopic (exact) mass is 274 g/mol. The highest BCUT2D eigenvalue weighted by atomic mass is 32.1. The van der Waals surface area contributed by atoms with Crippen LogP contribution in [-0.4, -0.2) is 25.2 Å². The first-order valence-corrected chi connectivity index (χ1v) is 8.11. The molecule has 0 unspecified atom stereocenters. The minimum absolute atomic E-state index is 0.294. The molecule has 1 fully saturated rings. The van der Waals surface area contributed by atoms with E-state index in [1.54, 1.807) is 0 Å². The fourth-order valence-corrected chi connectivity index (χ4v) is 3.82. The van der Waals surface area contributed by atoms with Gasteiger partial charge in [0.2, 0.25) is 0 Å². The summed E-state index contributed by atoms with van der Waals surface area (Å²) in [4.78, 5) is 2.54. The number of nitrogens with one attached hydrogen (secondary N) is 1. The Balaban J connectivity index is 1.88. The Morgan fingerprint density at radius 2 is 2.11 bits per heavy atom. The Morgan fingerprint density at radius 1 is 1.26 bits per heavy atom. The first-order valence-electron chi connectivity index (χ1n) is 7.23. The predicted octanol–water partition coefficient (Wildman–Crippen LogP) is 3.87. The highest BCUT2D eigenvalue weighted by Crippen LogP contribution is 2.29. The summed E-state index contributed by atoms with van der Waals surface area (Å²) in [6, 6.07) is 9.10. The van der Waals surface area contributed by atoms with Gasteiger partial charge in [-0.25, -0.2) is 0 Å². The van der Waals surface area contributed by atoms with Gasteiger partial charge in [0.15, 0.2) is 0 Å². The second-order valence-corrected chi connectivity index (χ2v) is 6.43. The highest BCUT2D eigenvalue weighted by Gasteiger charge is 2.31.